The van der Waals surface area contributed by atoms with Crippen LogP contribution in [0.1, 0.15) is 5.56 Å². The number of imide groups is 2. The van der Waals surface area contributed by atoms with Crippen LogP contribution in [-0.2, 0) is 9.59 Å². The Bertz CT molecular complexity index is 1020. The molecule has 1 fully saturated rings. The van der Waals surface area contributed by atoms with Gasteiger partial charge in [-0.3, -0.25) is 25.0 Å². The molecule has 0 aromatic heterocycles. The van der Waals surface area contributed by atoms with Gasteiger partial charge >= 0.3 is 6.03 Å². The van der Waals surface area contributed by atoms with E-state index >= 15 is 0 Å². The number of carbonyl (C=O) groups is 3. The van der Waals surface area contributed by atoms with E-state index in [1.165, 1.54) is 36.4 Å². The number of aromatic hydroxyl groups is 1. The van der Waals surface area contributed by atoms with Gasteiger partial charge in [-0.15, -0.1) is 0 Å². The highest BCUT2D eigenvalue weighted by atomic mass is 79.9. The number of rotatable bonds is 3. The Morgan fingerprint density at radius 1 is 1.11 bits per heavy atom. The summed E-state index contributed by atoms with van der Waals surface area (Å²) in [7, 11) is 0. The summed E-state index contributed by atoms with van der Waals surface area (Å²) in [6.45, 7) is 0. The molecule has 0 bridgehead atoms. The van der Waals surface area contributed by atoms with Gasteiger partial charge in [0.25, 0.3) is 17.5 Å². The van der Waals surface area contributed by atoms with Gasteiger partial charge in [0.15, 0.2) is 0 Å². The quantitative estimate of drug-likeness (QED) is 0.332. The van der Waals surface area contributed by atoms with E-state index in [0.29, 0.717) is 14.9 Å². The molecule has 2 aromatic carbocycles. The number of hydrogen-bond acceptors (Lipinski definition) is 6. The van der Waals surface area contributed by atoms with E-state index in [2.05, 4.69) is 21.2 Å². The topological polar surface area (TPSA) is 130 Å². The van der Waals surface area contributed by atoms with Gasteiger partial charge in [-0.2, -0.15) is 0 Å². The first kappa shape index (κ1) is 18.3. The molecule has 9 nitrogen and oxygen atoms in total. The summed E-state index contributed by atoms with van der Waals surface area (Å²) in [6.07, 6.45) is 1.27. The van der Waals surface area contributed by atoms with Gasteiger partial charge < -0.3 is 5.11 Å². The molecule has 2 aromatic rings. The van der Waals surface area contributed by atoms with Crippen molar-refractivity contribution in [2.24, 2.45) is 0 Å². The minimum atomic E-state index is -0.956. The van der Waals surface area contributed by atoms with Crippen molar-refractivity contribution >= 4 is 51.2 Å². The number of nitrogens with zero attached hydrogens (tertiary/aromatic N) is 2. The second-order valence-electron chi connectivity index (χ2n) is 5.44. The summed E-state index contributed by atoms with van der Waals surface area (Å²) < 4.78 is 0.365. The molecular weight excluding hydrogens is 422 g/mol. The lowest BCUT2D eigenvalue weighted by atomic mass is 10.1. The average molecular weight is 432 g/mol. The number of phenolic OH excluding ortho intramolecular Hbond substituents is 1. The van der Waals surface area contributed by atoms with Crippen molar-refractivity contribution in [2.75, 3.05) is 4.90 Å². The highest BCUT2D eigenvalue weighted by molar-refractivity contribution is 9.10. The lowest BCUT2D eigenvalue weighted by Crippen LogP contribution is -2.54. The Labute approximate surface area is 160 Å². The Balaban J connectivity index is 1.99. The third-order valence-electron chi connectivity index (χ3n) is 3.70. The number of anilines is 1. The number of nitro groups is 1. The van der Waals surface area contributed by atoms with E-state index in [1.54, 1.807) is 0 Å². The van der Waals surface area contributed by atoms with E-state index in [1.807, 2.05) is 0 Å². The summed E-state index contributed by atoms with van der Waals surface area (Å²) in [6, 6.07) is 8.17. The molecule has 2 N–H and O–H groups in total. The smallest absolute Gasteiger partial charge is 0.335 e. The zero-order valence-electron chi connectivity index (χ0n) is 13.4. The number of non-ortho nitro benzene ring substituents is 1. The highest BCUT2D eigenvalue weighted by Gasteiger charge is 2.36. The fourth-order valence-corrected chi connectivity index (χ4v) is 2.79. The Morgan fingerprint density at radius 3 is 2.37 bits per heavy atom. The van der Waals surface area contributed by atoms with Crippen LogP contribution in [0, 0.1) is 10.1 Å². The van der Waals surface area contributed by atoms with Crippen molar-refractivity contribution in [3.8, 4) is 5.75 Å². The number of barbiturate groups is 1. The normalized spacial score (nSPS) is 15.8. The van der Waals surface area contributed by atoms with Crippen molar-refractivity contribution < 1.29 is 24.4 Å². The third kappa shape index (κ3) is 3.55. The number of amides is 4. The Hall–Kier alpha value is -3.53. The molecule has 0 radical (unpaired) electrons. The van der Waals surface area contributed by atoms with Crippen LogP contribution in [0.2, 0.25) is 0 Å². The number of urea groups is 1. The second-order valence-corrected chi connectivity index (χ2v) is 6.30. The molecule has 1 heterocycles. The molecular formula is C17H10BrN3O6. The number of halogens is 1. The van der Waals surface area contributed by atoms with Gasteiger partial charge in [0, 0.05) is 12.1 Å². The number of phenols is 1. The fraction of sp³-hybridized carbons (Fsp3) is 0. The van der Waals surface area contributed by atoms with Gasteiger partial charge in [-0.05, 0) is 51.8 Å². The maximum atomic E-state index is 12.7. The summed E-state index contributed by atoms with van der Waals surface area (Å²) in [5.41, 5.74) is 0.0134. The molecule has 1 aliphatic heterocycles. The third-order valence-corrected chi connectivity index (χ3v) is 4.34. The first-order valence-electron chi connectivity index (χ1n) is 7.42. The SMILES string of the molecule is O=C1NC(=O)N(c2ccc([N+](=O)[O-])cc2)C(=O)/C1=C/c1ccc(O)c(Br)c1. The molecule has 1 saturated heterocycles. The van der Waals surface area contributed by atoms with Crippen LogP contribution >= 0.6 is 15.9 Å². The van der Waals surface area contributed by atoms with Crippen LogP contribution in [0.25, 0.3) is 6.08 Å². The minimum Gasteiger partial charge on any atom is -0.507 e. The lowest BCUT2D eigenvalue weighted by Gasteiger charge is -2.26. The van der Waals surface area contributed by atoms with E-state index in [9.17, 15) is 29.6 Å². The number of benzene rings is 2. The van der Waals surface area contributed by atoms with Gasteiger partial charge in [-0.1, -0.05) is 6.07 Å². The molecule has 0 saturated carbocycles. The number of hydrogen-bond donors (Lipinski definition) is 2. The predicted octanol–water partition coefficient (Wildman–Crippen LogP) is 2.73. The van der Waals surface area contributed by atoms with Crippen molar-refractivity contribution in [1.82, 2.24) is 5.32 Å². The zero-order valence-corrected chi connectivity index (χ0v) is 15.0. The van der Waals surface area contributed by atoms with Gasteiger partial charge in [0.1, 0.15) is 11.3 Å². The van der Waals surface area contributed by atoms with Crippen LogP contribution in [0.5, 0.6) is 5.75 Å². The molecule has 4 amide bonds. The minimum absolute atomic E-state index is 0.0146. The molecule has 10 heteroatoms. The maximum Gasteiger partial charge on any atom is 0.335 e. The molecule has 1 aliphatic rings. The second kappa shape index (κ2) is 7.00. The van der Waals surface area contributed by atoms with Crippen molar-refractivity contribution in [3.63, 3.8) is 0 Å². The molecule has 0 aliphatic carbocycles. The largest absolute Gasteiger partial charge is 0.507 e. The lowest BCUT2D eigenvalue weighted by molar-refractivity contribution is -0.384. The molecule has 27 heavy (non-hydrogen) atoms. The van der Waals surface area contributed by atoms with Crippen LogP contribution in [0.4, 0.5) is 16.2 Å². The Kier molecular flexibility index (Phi) is 4.74. The number of carbonyl (C=O) groups excluding carboxylic acids is 3. The van der Waals surface area contributed by atoms with Crippen LogP contribution in [0.3, 0.4) is 0 Å². The number of nitrogens with one attached hydrogen (secondary N) is 1. The van der Waals surface area contributed by atoms with Crippen LogP contribution in [0.15, 0.2) is 52.5 Å². The van der Waals surface area contributed by atoms with Crippen LogP contribution < -0.4 is 10.2 Å². The van der Waals surface area contributed by atoms with E-state index in [4.69, 9.17) is 0 Å². The van der Waals surface area contributed by atoms with E-state index in [-0.39, 0.29) is 22.7 Å². The van der Waals surface area contributed by atoms with E-state index < -0.39 is 22.8 Å². The first-order valence-corrected chi connectivity index (χ1v) is 8.21. The fourth-order valence-electron chi connectivity index (χ4n) is 2.39. The first-order chi connectivity index (χ1) is 12.8. The molecule has 0 atom stereocenters. The molecule has 0 unspecified atom stereocenters. The predicted molar refractivity (Wildman–Crippen MR) is 97.9 cm³/mol. The summed E-state index contributed by atoms with van der Waals surface area (Å²) in [5, 5.41) is 22.3. The van der Waals surface area contributed by atoms with Gasteiger partial charge in [0.2, 0.25) is 0 Å². The summed E-state index contributed by atoms with van der Waals surface area (Å²) >= 11 is 3.13. The van der Waals surface area contributed by atoms with Crippen molar-refractivity contribution in [1.29, 1.82) is 0 Å². The Morgan fingerprint density at radius 2 is 1.78 bits per heavy atom. The van der Waals surface area contributed by atoms with E-state index in [0.717, 1.165) is 12.1 Å². The molecule has 3 rings (SSSR count). The zero-order chi connectivity index (χ0) is 19.7. The molecule has 136 valence electrons. The maximum absolute atomic E-state index is 12.7. The van der Waals surface area contributed by atoms with Gasteiger partial charge in [0.05, 0.1) is 15.1 Å². The standard InChI is InChI=1S/C17H10BrN3O6/c18-13-8-9(1-6-14(13)22)7-12-15(23)19-17(25)20(16(12)24)10-2-4-11(5-3-10)21(26)27/h1-8,22H,(H,19,23,25)/b12-7+. The van der Waals surface area contributed by atoms with Crippen molar-refractivity contribution in [3.05, 3.63) is 68.2 Å². The summed E-state index contributed by atoms with van der Waals surface area (Å²) in [5.74, 6) is -1.76. The van der Waals surface area contributed by atoms with Gasteiger partial charge in [-0.25, -0.2) is 9.69 Å². The molecule has 0 spiro atoms. The monoisotopic (exact) mass is 431 g/mol. The van der Waals surface area contributed by atoms with Crippen LogP contribution in [-0.4, -0.2) is 27.9 Å². The average Bonchev–Trinajstić information content (AvgIpc) is 2.62. The highest BCUT2D eigenvalue weighted by Crippen LogP contribution is 2.27. The summed E-state index contributed by atoms with van der Waals surface area (Å²) in [4.78, 5) is 47.7. The number of nitro benzene ring substituents is 1. The van der Waals surface area contributed by atoms with Crippen molar-refractivity contribution in [2.45, 2.75) is 0 Å².